The van der Waals surface area contributed by atoms with Crippen molar-refractivity contribution < 1.29 is 19.1 Å². The van der Waals surface area contributed by atoms with E-state index in [-0.39, 0.29) is 18.7 Å². The first kappa shape index (κ1) is 21.0. The van der Waals surface area contributed by atoms with Crippen molar-refractivity contribution >= 4 is 23.5 Å². The zero-order valence-corrected chi connectivity index (χ0v) is 17.1. The highest BCUT2D eigenvalue weighted by Gasteiger charge is 2.35. The monoisotopic (exact) mass is 408 g/mol. The number of carbonyl (C=O) groups excluding carboxylic acids is 2. The number of rotatable bonds is 4. The summed E-state index contributed by atoms with van der Waals surface area (Å²) in [5.41, 5.74) is 1.93. The highest BCUT2D eigenvalue weighted by molar-refractivity contribution is 5.90. The second-order valence-corrected chi connectivity index (χ2v) is 7.50. The van der Waals surface area contributed by atoms with E-state index in [1.54, 1.807) is 49.4 Å². The van der Waals surface area contributed by atoms with Crippen LogP contribution in [0, 0.1) is 11.3 Å². The molecule has 1 atom stereocenters. The lowest BCUT2D eigenvalue weighted by Crippen LogP contribution is -2.42. The fourth-order valence-corrected chi connectivity index (χ4v) is 3.30. The van der Waals surface area contributed by atoms with Gasteiger partial charge in [-0.2, -0.15) is 5.26 Å². The van der Waals surface area contributed by atoms with E-state index in [1.807, 2.05) is 19.9 Å². The van der Waals surface area contributed by atoms with E-state index in [0.717, 1.165) is 5.56 Å². The van der Waals surface area contributed by atoms with E-state index in [9.17, 15) is 9.59 Å². The van der Waals surface area contributed by atoms with E-state index in [1.165, 1.54) is 0 Å². The number of benzene rings is 2. The van der Waals surface area contributed by atoms with Crippen molar-refractivity contribution in [2.45, 2.75) is 38.8 Å². The Hall–Kier alpha value is -3.73. The Morgan fingerprint density at radius 3 is 2.53 bits per heavy atom. The smallest absolute Gasteiger partial charge is 0.411 e. The number of amides is 3. The Bertz CT molecular complexity index is 980. The van der Waals surface area contributed by atoms with E-state index in [0.29, 0.717) is 29.1 Å². The molecular weight excluding hydrogens is 384 g/mol. The maximum atomic E-state index is 12.6. The lowest BCUT2D eigenvalue weighted by atomic mass is 9.89. The van der Waals surface area contributed by atoms with E-state index < -0.39 is 11.7 Å². The molecule has 0 radical (unpaired) electrons. The van der Waals surface area contributed by atoms with Gasteiger partial charge >= 0.3 is 12.1 Å². The topological polar surface area (TPSA) is 112 Å². The van der Waals surface area contributed by atoms with Crippen LogP contribution in [0.5, 0.6) is 5.75 Å². The van der Waals surface area contributed by atoms with Crippen molar-refractivity contribution in [3.63, 3.8) is 0 Å². The maximum absolute atomic E-state index is 12.6. The molecular formula is C22H24N4O4. The largest absolute Gasteiger partial charge is 0.487 e. The molecule has 0 aliphatic carbocycles. The third kappa shape index (κ3) is 5.20. The molecule has 1 aliphatic heterocycles. The van der Waals surface area contributed by atoms with Gasteiger partial charge in [0.25, 0.3) is 0 Å². The number of hydrogen-bond acceptors (Lipinski definition) is 5. The molecule has 0 saturated carbocycles. The van der Waals surface area contributed by atoms with Crippen molar-refractivity contribution in [3.05, 3.63) is 53.6 Å². The van der Waals surface area contributed by atoms with E-state index >= 15 is 0 Å². The Kier molecular flexibility index (Phi) is 6.11. The first-order valence-electron chi connectivity index (χ1n) is 9.64. The summed E-state index contributed by atoms with van der Waals surface area (Å²) in [6.07, 6.45) is 0.00138. The van der Waals surface area contributed by atoms with Crippen LogP contribution in [0.25, 0.3) is 0 Å². The Balaban J connectivity index is 1.77. The number of fused-ring (bicyclic) bond motifs is 1. The fourth-order valence-electron chi connectivity index (χ4n) is 3.30. The SMILES string of the molecule is CCOC(=O)Nc1ccc2c(c1)C(NC(=O)Nc1ccc(C#N)cc1)CC(C)(C)O2. The first-order valence-corrected chi connectivity index (χ1v) is 9.64. The minimum atomic E-state index is -0.544. The van der Waals surface area contributed by atoms with Gasteiger partial charge in [0.05, 0.1) is 24.3 Å². The Labute approximate surface area is 175 Å². The number of ether oxygens (including phenoxy) is 2. The average Bonchev–Trinajstić information content (AvgIpc) is 2.68. The summed E-state index contributed by atoms with van der Waals surface area (Å²) in [7, 11) is 0. The summed E-state index contributed by atoms with van der Waals surface area (Å²) >= 11 is 0. The zero-order valence-electron chi connectivity index (χ0n) is 17.1. The summed E-state index contributed by atoms with van der Waals surface area (Å²) in [6, 6.07) is 13.2. The summed E-state index contributed by atoms with van der Waals surface area (Å²) in [6.45, 7) is 5.91. The van der Waals surface area contributed by atoms with Gasteiger partial charge in [-0.05, 0) is 63.2 Å². The Morgan fingerprint density at radius 2 is 1.87 bits per heavy atom. The van der Waals surface area contributed by atoms with Gasteiger partial charge in [0.15, 0.2) is 0 Å². The highest BCUT2D eigenvalue weighted by Crippen LogP contribution is 2.40. The van der Waals surface area contributed by atoms with Crippen LogP contribution in [-0.4, -0.2) is 24.3 Å². The molecule has 8 nitrogen and oxygen atoms in total. The highest BCUT2D eigenvalue weighted by atomic mass is 16.5. The molecule has 1 heterocycles. The third-order valence-corrected chi connectivity index (χ3v) is 4.57. The molecule has 156 valence electrons. The van der Waals surface area contributed by atoms with Gasteiger partial charge in [0.1, 0.15) is 11.4 Å². The molecule has 1 unspecified atom stereocenters. The van der Waals surface area contributed by atoms with Crippen LogP contribution >= 0.6 is 0 Å². The number of urea groups is 1. The third-order valence-electron chi connectivity index (χ3n) is 4.57. The molecule has 3 amide bonds. The molecule has 0 aromatic heterocycles. The molecule has 3 rings (SSSR count). The van der Waals surface area contributed by atoms with Gasteiger partial charge in [0.2, 0.25) is 0 Å². The number of nitrogens with one attached hydrogen (secondary N) is 3. The van der Waals surface area contributed by atoms with Crippen LogP contribution in [-0.2, 0) is 4.74 Å². The van der Waals surface area contributed by atoms with Crippen molar-refractivity contribution in [2.75, 3.05) is 17.2 Å². The molecule has 2 aromatic carbocycles. The average molecular weight is 408 g/mol. The lowest BCUT2D eigenvalue weighted by Gasteiger charge is -2.38. The number of hydrogen-bond donors (Lipinski definition) is 3. The molecule has 0 spiro atoms. The minimum Gasteiger partial charge on any atom is -0.487 e. The summed E-state index contributed by atoms with van der Waals surface area (Å²) in [5.74, 6) is 0.643. The summed E-state index contributed by atoms with van der Waals surface area (Å²) in [5, 5.41) is 17.3. The normalized spacial score (nSPS) is 16.3. The van der Waals surface area contributed by atoms with Crippen LogP contribution in [0.1, 0.15) is 44.4 Å². The molecule has 0 fully saturated rings. The lowest BCUT2D eigenvalue weighted by molar-refractivity contribution is 0.0683. The van der Waals surface area contributed by atoms with Crippen LogP contribution in [0.3, 0.4) is 0 Å². The molecule has 8 heteroatoms. The second-order valence-electron chi connectivity index (χ2n) is 7.50. The quantitative estimate of drug-likeness (QED) is 0.687. The van der Waals surface area contributed by atoms with Crippen molar-refractivity contribution in [2.24, 2.45) is 0 Å². The van der Waals surface area contributed by atoms with Gasteiger partial charge in [-0.25, -0.2) is 9.59 Å². The number of nitriles is 1. The van der Waals surface area contributed by atoms with Gasteiger partial charge in [0, 0.05) is 23.4 Å². The molecule has 3 N–H and O–H groups in total. The van der Waals surface area contributed by atoms with Crippen molar-refractivity contribution in [3.8, 4) is 11.8 Å². The van der Waals surface area contributed by atoms with E-state index in [4.69, 9.17) is 14.7 Å². The summed E-state index contributed by atoms with van der Waals surface area (Å²) in [4.78, 5) is 24.3. The van der Waals surface area contributed by atoms with Crippen molar-refractivity contribution in [1.29, 1.82) is 5.26 Å². The molecule has 30 heavy (non-hydrogen) atoms. The van der Waals surface area contributed by atoms with E-state index in [2.05, 4.69) is 16.0 Å². The van der Waals surface area contributed by atoms with Gasteiger partial charge in [-0.1, -0.05) is 0 Å². The van der Waals surface area contributed by atoms with Gasteiger partial charge < -0.3 is 20.1 Å². The molecule has 0 saturated heterocycles. The number of carbonyl (C=O) groups is 2. The van der Waals surface area contributed by atoms with Gasteiger partial charge in [-0.3, -0.25) is 5.32 Å². The minimum absolute atomic E-state index is 0.272. The molecule has 2 aromatic rings. The van der Waals surface area contributed by atoms with Crippen LogP contribution in [0.2, 0.25) is 0 Å². The molecule has 0 bridgehead atoms. The van der Waals surface area contributed by atoms with Crippen molar-refractivity contribution in [1.82, 2.24) is 5.32 Å². The fraction of sp³-hybridized carbons (Fsp3) is 0.318. The second kappa shape index (κ2) is 8.74. The molecule has 1 aliphatic rings. The predicted octanol–water partition coefficient (Wildman–Crippen LogP) is 4.55. The number of nitrogens with zero attached hydrogens (tertiary/aromatic N) is 1. The zero-order chi connectivity index (χ0) is 21.7. The van der Waals surface area contributed by atoms with Crippen LogP contribution in [0.15, 0.2) is 42.5 Å². The Morgan fingerprint density at radius 1 is 1.17 bits per heavy atom. The summed E-state index contributed by atoms with van der Waals surface area (Å²) < 4.78 is 11.0. The number of anilines is 2. The maximum Gasteiger partial charge on any atom is 0.411 e. The van der Waals surface area contributed by atoms with Gasteiger partial charge in [-0.15, -0.1) is 0 Å². The van der Waals surface area contributed by atoms with Crippen LogP contribution < -0.4 is 20.7 Å². The van der Waals surface area contributed by atoms with Crippen LogP contribution in [0.4, 0.5) is 21.0 Å². The predicted molar refractivity (Wildman–Crippen MR) is 112 cm³/mol. The first-order chi connectivity index (χ1) is 14.3. The standard InChI is InChI=1S/C22H24N4O4/c1-4-29-21(28)25-16-9-10-19-17(11-16)18(12-22(2,3)30-19)26-20(27)24-15-7-5-14(13-23)6-8-15/h5-11,18H,4,12H2,1-3H3,(H,25,28)(H2,24,26,27).